The van der Waals surface area contributed by atoms with E-state index in [9.17, 15) is 19.7 Å². The molecule has 1 aliphatic carbocycles. The molecule has 1 atom stereocenters. The van der Waals surface area contributed by atoms with Crippen LogP contribution in [0.3, 0.4) is 0 Å². The highest BCUT2D eigenvalue weighted by atomic mass is 32.2. The van der Waals surface area contributed by atoms with Crippen molar-refractivity contribution >= 4 is 40.1 Å². The molecule has 1 heterocycles. The number of hydrogen-bond acceptors (Lipinski definition) is 7. The maximum Gasteiger partial charge on any atom is 0.271 e. The Labute approximate surface area is 160 Å². The summed E-state index contributed by atoms with van der Waals surface area (Å²) in [5.74, 6) is -0.373. The molecule has 0 unspecified atom stereocenters. The van der Waals surface area contributed by atoms with Gasteiger partial charge in [-0.2, -0.15) is 0 Å². The lowest BCUT2D eigenvalue weighted by molar-refractivity contribution is -0.384. The number of thioether (sulfide) groups is 1. The topological polar surface area (TPSA) is 123 Å². The van der Waals surface area contributed by atoms with Gasteiger partial charge in [-0.1, -0.05) is 24.6 Å². The molecule has 144 valence electrons. The number of anilines is 1. The first-order valence-corrected chi connectivity index (χ1v) is 9.52. The number of nitro benzene ring substituents is 1. The van der Waals surface area contributed by atoms with E-state index in [0.29, 0.717) is 10.9 Å². The molecule has 10 heteroatoms. The number of rotatable bonds is 6. The van der Waals surface area contributed by atoms with Crippen molar-refractivity contribution in [2.24, 2.45) is 4.99 Å². The second kappa shape index (κ2) is 8.38. The van der Waals surface area contributed by atoms with Gasteiger partial charge in [0.25, 0.3) is 5.69 Å². The maximum atomic E-state index is 12.3. The van der Waals surface area contributed by atoms with Gasteiger partial charge in [-0.05, 0) is 18.9 Å². The number of nitrogens with one attached hydrogen (secondary N) is 2. The fourth-order valence-electron chi connectivity index (χ4n) is 3.08. The molecule has 9 nitrogen and oxygen atoms in total. The number of benzene rings is 1. The van der Waals surface area contributed by atoms with Crippen LogP contribution in [0.15, 0.2) is 23.2 Å². The largest absolute Gasteiger partial charge is 0.495 e. The number of methoxy groups -OCH3 is 1. The van der Waals surface area contributed by atoms with Gasteiger partial charge in [0.15, 0.2) is 5.17 Å². The second-order valence-electron chi connectivity index (χ2n) is 6.36. The van der Waals surface area contributed by atoms with Crippen molar-refractivity contribution in [1.82, 2.24) is 5.32 Å². The van der Waals surface area contributed by atoms with E-state index in [1.54, 1.807) is 0 Å². The number of amidine groups is 1. The minimum absolute atomic E-state index is 0.0635. The minimum atomic E-state index is -0.574. The van der Waals surface area contributed by atoms with E-state index in [0.717, 1.165) is 25.7 Å². The summed E-state index contributed by atoms with van der Waals surface area (Å²) in [5.41, 5.74) is 0.0324. The molecule has 2 aliphatic rings. The lowest BCUT2D eigenvalue weighted by Crippen LogP contribution is -2.28. The molecule has 1 saturated heterocycles. The lowest BCUT2D eigenvalue weighted by atomic mass is 10.2. The summed E-state index contributed by atoms with van der Waals surface area (Å²) in [4.78, 5) is 39.4. The van der Waals surface area contributed by atoms with Gasteiger partial charge in [-0.25, -0.2) is 0 Å². The normalized spacial score (nSPS) is 21.3. The molecule has 1 saturated carbocycles. The van der Waals surface area contributed by atoms with Crippen molar-refractivity contribution in [3.8, 4) is 5.75 Å². The Bertz CT molecular complexity index is 792. The number of non-ortho nitro benzene ring substituents is 1. The second-order valence-corrected chi connectivity index (χ2v) is 7.55. The molecular weight excluding hydrogens is 372 g/mol. The third-order valence-corrected chi connectivity index (χ3v) is 5.54. The van der Waals surface area contributed by atoms with E-state index in [2.05, 4.69) is 15.6 Å². The molecule has 27 heavy (non-hydrogen) atoms. The van der Waals surface area contributed by atoms with Crippen LogP contribution in [0.1, 0.15) is 32.1 Å². The number of nitro groups is 1. The Morgan fingerprint density at radius 1 is 1.44 bits per heavy atom. The van der Waals surface area contributed by atoms with E-state index in [4.69, 9.17) is 4.74 Å². The molecule has 1 aromatic rings. The first-order valence-electron chi connectivity index (χ1n) is 8.64. The SMILES string of the molecule is COc1ccc([N+](=O)[O-])cc1NC(=O)C[C@H]1SC(=NC2CCCC2)NC1=O. The monoisotopic (exact) mass is 392 g/mol. The van der Waals surface area contributed by atoms with E-state index >= 15 is 0 Å². The van der Waals surface area contributed by atoms with E-state index < -0.39 is 16.1 Å². The summed E-state index contributed by atoms with van der Waals surface area (Å²) in [5, 5.41) is 16.2. The van der Waals surface area contributed by atoms with Crippen molar-refractivity contribution in [2.75, 3.05) is 12.4 Å². The zero-order valence-corrected chi connectivity index (χ0v) is 15.6. The molecule has 1 aromatic carbocycles. The number of hydrogen-bond donors (Lipinski definition) is 2. The molecule has 2 fully saturated rings. The fraction of sp³-hybridized carbons (Fsp3) is 0.471. The molecule has 3 rings (SSSR count). The van der Waals surface area contributed by atoms with Gasteiger partial charge < -0.3 is 15.4 Å². The fourth-order valence-corrected chi connectivity index (χ4v) is 4.12. The number of aliphatic imine (C=N–C) groups is 1. The van der Waals surface area contributed by atoms with Gasteiger partial charge in [-0.15, -0.1) is 0 Å². The summed E-state index contributed by atoms with van der Waals surface area (Å²) in [6.45, 7) is 0. The first kappa shape index (κ1) is 19.2. The summed E-state index contributed by atoms with van der Waals surface area (Å²) in [7, 11) is 1.41. The highest BCUT2D eigenvalue weighted by Gasteiger charge is 2.33. The molecule has 0 spiro atoms. The summed E-state index contributed by atoms with van der Waals surface area (Å²) < 4.78 is 5.12. The van der Waals surface area contributed by atoms with Crippen LogP contribution >= 0.6 is 11.8 Å². The molecule has 0 bridgehead atoms. The van der Waals surface area contributed by atoms with Crippen molar-refractivity contribution in [1.29, 1.82) is 0 Å². The number of ether oxygens (including phenoxy) is 1. The van der Waals surface area contributed by atoms with Crippen LogP contribution in [0.4, 0.5) is 11.4 Å². The third kappa shape index (κ3) is 4.76. The Balaban J connectivity index is 1.63. The highest BCUT2D eigenvalue weighted by molar-refractivity contribution is 8.15. The average Bonchev–Trinajstić information content (AvgIpc) is 3.25. The highest BCUT2D eigenvalue weighted by Crippen LogP contribution is 2.30. The van der Waals surface area contributed by atoms with Crippen LogP contribution in [0.5, 0.6) is 5.75 Å². The summed E-state index contributed by atoms with van der Waals surface area (Å²) in [6.07, 6.45) is 4.29. The predicted octanol–water partition coefficient (Wildman–Crippen LogP) is 2.46. The molecule has 1 aliphatic heterocycles. The third-order valence-electron chi connectivity index (χ3n) is 4.44. The average molecular weight is 392 g/mol. The summed E-state index contributed by atoms with van der Waals surface area (Å²) in [6, 6.07) is 4.18. The van der Waals surface area contributed by atoms with Crippen LogP contribution in [-0.4, -0.2) is 40.3 Å². The van der Waals surface area contributed by atoms with Gasteiger partial charge in [0.1, 0.15) is 11.0 Å². The zero-order valence-electron chi connectivity index (χ0n) is 14.8. The minimum Gasteiger partial charge on any atom is -0.495 e. The number of carbonyl (C=O) groups excluding carboxylic acids is 2. The van der Waals surface area contributed by atoms with Gasteiger partial charge in [0, 0.05) is 18.6 Å². The molecule has 0 radical (unpaired) electrons. The van der Waals surface area contributed by atoms with Gasteiger partial charge >= 0.3 is 0 Å². The number of carbonyl (C=O) groups is 2. The van der Waals surface area contributed by atoms with Gasteiger partial charge in [0.2, 0.25) is 11.8 Å². The standard InChI is InChI=1S/C17H20N4O5S/c1-26-13-7-6-11(21(24)25)8-12(13)19-15(22)9-14-16(23)20-17(27-14)18-10-4-2-3-5-10/h6-8,10,14H,2-5,9H2,1H3,(H,19,22)(H,18,20,23)/t14-/m1/s1. The Morgan fingerprint density at radius 3 is 2.85 bits per heavy atom. The van der Waals surface area contributed by atoms with Crippen LogP contribution in [0, 0.1) is 10.1 Å². The van der Waals surface area contributed by atoms with Crippen molar-refractivity contribution < 1.29 is 19.2 Å². The molecule has 2 amide bonds. The molecule has 2 N–H and O–H groups in total. The van der Waals surface area contributed by atoms with Crippen molar-refractivity contribution in [3.63, 3.8) is 0 Å². The number of nitrogens with zero attached hydrogens (tertiary/aromatic N) is 2. The van der Waals surface area contributed by atoms with Gasteiger partial charge in [-0.3, -0.25) is 24.7 Å². The Hall–Kier alpha value is -2.62. The van der Waals surface area contributed by atoms with Crippen LogP contribution < -0.4 is 15.4 Å². The van der Waals surface area contributed by atoms with Gasteiger partial charge in [0.05, 0.1) is 23.8 Å². The van der Waals surface area contributed by atoms with Crippen molar-refractivity contribution in [2.45, 2.75) is 43.4 Å². The maximum absolute atomic E-state index is 12.3. The zero-order chi connectivity index (χ0) is 19.4. The predicted molar refractivity (Wildman–Crippen MR) is 102 cm³/mol. The summed E-state index contributed by atoms with van der Waals surface area (Å²) >= 11 is 1.25. The smallest absolute Gasteiger partial charge is 0.271 e. The Kier molecular flexibility index (Phi) is 5.94. The van der Waals surface area contributed by atoms with E-state index in [1.807, 2.05) is 0 Å². The van der Waals surface area contributed by atoms with Crippen LogP contribution in [0.25, 0.3) is 0 Å². The first-order chi connectivity index (χ1) is 13.0. The molecule has 0 aromatic heterocycles. The van der Waals surface area contributed by atoms with E-state index in [-0.39, 0.29) is 29.7 Å². The number of amides is 2. The van der Waals surface area contributed by atoms with Crippen LogP contribution in [0.2, 0.25) is 0 Å². The lowest BCUT2D eigenvalue weighted by Gasteiger charge is -2.11. The van der Waals surface area contributed by atoms with E-state index in [1.165, 1.54) is 37.1 Å². The molecular formula is C17H20N4O5S. The quantitative estimate of drug-likeness (QED) is 0.566. The van der Waals surface area contributed by atoms with Crippen molar-refractivity contribution in [3.05, 3.63) is 28.3 Å². The van der Waals surface area contributed by atoms with Crippen LogP contribution in [-0.2, 0) is 9.59 Å². The Morgan fingerprint density at radius 2 is 2.19 bits per heavy atom.